The number of allylic oxidation sites excluding steroid dienone is 1. The Kier molecular flexibility index (Phi) is 4.81. The topological polar surface area (TPSA) is 46.5 Å². The summed E-state index contributed by atoms with van der Waals surface area (Å²) < 4.78 is 6.05. The zero-order chi connectivity index (χ0) is 18.4. The maximum Gasteiger partial charge on any atom is 0.338 e. The molecule has 0 saturated carbocycles. The normalized spacial score (nSPS) is 42.4. The van der Waals surface area contributed by atoms with Crippen LogP contribution in [0.3, 0.4) is 0 Å². The number of carbonyl (C=O) groups excluding carboxylic acids is 1. The molecule has 0 aromatic carbocycles. The molecule has 5 atom stereocenters. The van der Waals surface area contributed by atoms with Gasteiger partial charge in [0.2, 0.25) is 0 Å². The Bertz CT molecular complexity index is 617. The molecule has 0 radical (unpaired) electrons. The molecule has 1 heterocycles. The average molecular weight is 347 g/mol. The first-order valence-electron chi connectivity index (χ1n) is 10.1. The van der Waals surface area contributed by atoms with Crippen LogP contribution in [0.4, 0.5) is 0 Å². The predicted molar refractivity (Wildman–Crippen MR) is 100 cm³/mol. The van der Waals surface area contributed by atoms with Gasteiger partial charge in [-0.3, -0.25) is 0 Å². The molecule has 3 nitrogen and oxygen atoms in total. The standard InChI is InChI=1S/C22H34O3/c1-6-17-13-22-19(23)18(20(24)25-22)11-15(3)10-14(2)8-7-9-21(22,5)12-16(17)4/h12,14-15,17,23H,6-11,13H2,1-5H3. The summed E-state index contributed by atoms with van der Waals surface area (Å²) in [7, 11) is 0. The van der Waals surface area contributed by atoms with Gasteiger partial charge in [0, 0.05) is 11.8 Å². The number of aliphatic hydroxyl groups is 1. The lowest BCUT2D eigenvalue weighted by Crippen LogP contribution is -2.51. The van der Waals surface area contributed by atoms with E-state index in [0.29, 0.717) is 36.2 Å². The second-order valence-electron chi connectivity index (χ2n) is 9.20. The van der Waals surface area contributed by atoms with Crippen molar-refractivity contribution in [3.05, 3.63) is 23.0 Å². The van der Waals surface area contributed by atoms with E-state index in [9.17, 15) is 9.90 Å². The maximum absolute atomic E-state index is 12.7. The Morgan fingerprint density at radius 1 is 1.32 bits per heavy atom. The molecule has 0 aromatic heterocycles. The van der Waals surface area contributed by atoms with Gasteiger partial charge in [0.25, 0.3) is 0 Å². The summed E-state index contributed by atoms with van der Waals surface area (Å²) in [6.07, 6.45) is 9.01. The van der Waals surface area contributed by atoms with Crippen LogP contribution in [0.15, 0.2) is 23.0 Å². The Labute approximate surface area is 152 Å². The van der Waals surface area contributed by atoms with Crippen molar-refractivity contribution in [2.45, 2.75) is 85.2 Å². The molecule has 3 heteroatoms. The molecular weight excluding hydrogens is 312 g/mol. The number of rotatable bonds is 1. The van der Waals surface area contributed by atoms with E-state index in [0.717, 1.165) is 25.7 Å². The highest BCUT2D eigenvalue weighted by atomic mass is 16.6. The van der Waals surface area contributed by atoms with Crippen LogP contribution in [0.1, 0.15) is 79.6 Å². The van der Waals surface area contributed by atoms with Crippen molar-refractivity contribution in [2.24, 2.45) is 23.2 Å². The Morgan fingerprint density at radius 2 is 2.04 bits per heavy atom. The van der Waals surface area contributed by atoms with Crippen LogP contribution >= 0.6 is 0 Å². The number of hydrogen-bond acceptors (Lipinski definition) is 3. The van der Waals surface area contributed by atoms with Crippen molar-refractivity contribution in [1.82, 2.24) is 0 Å². The van der Waals surface area contributed by atoms with Gasteiger partial charge in [-0.05, 0) is 50.4 Å². The third-order valence-electron chi connectivity index (χ3n) is 7.07. The van der Waals surface area contributed by atoms with Gasteiger partial charge in [-0.25, -0.2) is 4.79 Å². The van der Waals surface area contributed by atoms with E-state index in [1.807, 2.05) is 0 Å². The van der Waals surface area contributed by atoms with Crippen molar-refractivity contribution in [1.29, 1.82) is 0 Å². The van der Waals surface area contributed by atoms with Crippen molar-refractivity contribution in [3.63, 3.8) is 0 Å². The lowest BCUT2D eigenvalue weighted by Gasteiger charge is -2.49. The van der Waals surface area contributed by atoms with Crippen LogP contribution in [-0.2, 0) is 9.53 Å². The van der Waals surface area contributed by atoms with E-state index in [-0.39, 0.29) is 17.1 Å². The van der Waals surface area contributed by atoms with Gasteiger partial charge in [-0.1, -0.05) is 52.2 Å². The predicted octanol–water partition coefficient (Wildman–Crippen LogP) is 5.71. The van der Waals surface area contributed by atoms with Gasteiger partial charge < -0.3 is 9.84 Å². The van der Waals surface area contributed by atoms with Crippen LogP contribution in [-0.4, -0.2) is 16.7 Å². The SMILES string of the molecule is CCC1CC23OC(=O)C(=C2O)CC(C)CC(C)CCCC3(C)C=C1C. The van der Waals surface area contributed by atoms with Gasteiger partial charge in [0.1, 0.15) is 5.76 Å². The molecule has 140 valence electrons. The molecule has 1 aliphatic heterocycles. The largest absolute Gasteiger partial charge is 0.507 e. The summed E-state index contributed by atoms with van der Waals surface area (Å²) in [5, 5.41) is 11.2. The fraction of sp³-hybridized carbons (Fsp3) is 0.773. The Balaban J connectivity index is 2.12. The first-order valence-corrected chi connectivity index (χ1v) is 10.1. The van der Waals surface area contributed by atoms with Crippen molar-refractivity contribution >= 4 is 5.97 Å². The van der Waals surface area contributed by atoms with Crippen molar-refractivity contribution in [2.75, 3.05) is 0 Å². The molecule has 1 spiro atoms. The molecule has 0 saturated heterocycles. The summed E-state index contributed by atoms with van der Waals surface area (Å²) in [5.41, 5.74) is 0.740. The molecular formula is C22H34O3. The molecule has 1 N–H and O–H groups in total. The smallest absolute Gasteiger partial charge is 0.338 e. The van der Waals surface area contributed by atoms with E-state index >= 15 is 0 Å². The van der Waals surface area contributed by atoms with Crippen LogP contribution in [0, 0.1) is 23.2 Å². The Morgan fingerprint density at radius 3 is 2.72 bits per heavy atom. The summed E-state index contributed by atoms with van der Waals surface area (Å²) >= 11 is 0. The Hall–Kier alpha value is -1.25. The molecule has 0 amide bonds. The fourth-order valence-corrected chi connectivity index (χ4v) is 5.59. The third kappa shape index (κ3) is 2.94. The average Bonchev–Trinajstić information content (AvgIpc) is 2.75. The number of esters is 1. The fourth-order valence-electron chi connectivity index (χ4n) is 5.59. The zero-order valence-corrected chi connectivity index (χ0v) is 16.5. The quantitative estimate of drug-likeness (QED) is 0.488. The highest BCUT2D eigenvalue weighted by Gasteiger charge is 2.60. The molecule has 2 bridgehead atoms. The minimum absolute atomic E-state index is 0.239. The van der Waals surface area contributed by atoms with Crippen LogP contribution in [0.25, 0.3) is 0 Å². The summed E-state index contributed by atoms with van der Waals surface area (Å²) in [6.45, 7) is 11.0. The van der Waals surface area contributed by atoms with Crippen LogP contribution < -0.4 is 0 Å². The lowest BCUT2D eigenvalue weighted by molar-refractivity contribution is -0.162. The van der Waals surface area contributed by atoms with Gasteiger partial charge in [0.05, 0.1) is 5.57 Å². The monoisotopic (exact) mass is 346 g/mol. The minimum atomic E-state index is -0.854. The molecule has 3 aliphatic rings. The highest BCUT2D eigenvalue weighted by molar-refractivity contribution is 5.92. The number of aliphatic hydroxyl groups excluding tert-OH is 1. The minimum Gasteiger partial charge on any atom is -0.507 e. The summed E-state index contributed by atoms with van der Waals surface area (Å²) in [4.78, 5) is 12.7. The third-order valence-corrected chi connectivity index (χ3v) is 7.07. The maximum atomic E-state index is 12.7. The van der Waals surface area contributed by atoms with Crippen LogP contribution in [0.5, 0.6) is 0 Å². The molecule has 0 fully saturated rings. The van der Waals surface area contributed by atoms with Crippen molar-refractivity contribution < 1.29 is 14.6 Å². The number of hydrogen-bond donors (Lipinski definition) is 1. The van der Waals surface area contributed by atoms with Crippen molar-refractivity contribution in [3.8, 4) is 0 Å². The van der Waals surface area contributed by atoms with E-state index in [1.54, 1.807) is 0 Å². The van der Waals surface area contributed by atoms with Gasteiger partial charge in [0.15, 0.2) is 5.60 Å². The first kappa shape index (κ1) is 18.5. The van der Waals surface area contributed by atoms with Gasteiger partial charge in [-0.15, -0.1) is 0 Å². The molecule has 5 unspecified atom stereocenters. The second-order valence-corrected chi connectivity index (χ2v) is 9.20. The van der Waals surface area contributed by atoms with E-state index in [4.69, 9.17) is 4.74 Å². The number of ether oxygens (including phenoxy) is 1. The zero-order valence-electron chi connectivity index (χ0n) is 16.5. The molecule has 0 aromatic rings. The highest BCUT2D eigenvalue weighted by Crippen LogP contribution is 2.57. The second kappa shape index (κ2) is 6.48. The van der Waals surface area contributed by atoms with Gasteiger partial charge in [-0.2, -0.15) is 0 Å². The summed E-state index contributed by atoms with van der Waals surface area (Å²) in [5.74, 6) is 1.36. The first-order chi connectivity index (χ1) is 11.7. The summed E-state index contributed by atoms with van der Waals surface area (Å²) in [6, 6.07) is 0. The lowest BCUT2D eigenvalue weighted by atomic mass is 9.60. The van der Waals surface area contributed by atoms with Gasteiger partial charge >= 0.3 is 5.97 Å². The molecule has 25 heavy (non-hydrogen) atoms. The van der Waals surface area contributed by atoms with E-state index in [2.05, 4.69) is 40.7 Å². The van der Waals surface area contributed by atoms with Crippen LogP contribution in [0.2, 0.25) is 0 Å². The van der Waals surface area contributed by atoms with E-state index < -0.39 is 5.60 Å². The molecule has 3 rings (SSSR count). The molecule has 2 aliphatic carbocycles. The number of carbonyl (C=O) groups is 1. The van der Waals surface area contributed by atoms with E-state index in [1.165, 1.54) is 12.0 Å².